The predicted molar refractivity (Wildman–Crippen MR) is 109 cm³/mol. The Bertz CT molecular complexity index is 1160. The minimum Gasteiger partial charge on any atom is -0.481 e. The summed E-state index contributed by atoms with van der Waals surface area (Å²) in [6, 6.07) is 11.9. The van der Waals surface area contributed by atoms with E-state index < -0.39 is 23.6 Å². The first-order chi connectivity index (χ1) is 14.5. The lowest BCUT2D eigenvalue weighted by atomic mass is 10.0. The van der Waals surface area contributed by atoms with Crippen LogP contribution in [0.15, 0.2) is 46.9 Å². The van der Waals surface area contributed by atoms with Crippen LogP contribution < -0.4 is 14.8 Å². The molecule has 3 rings (SSSR count). The van der Waals surface area contributed by atoms with Crippen LogP contribution in [0.1, 0.15) is 17.3 Å². The van der Waals surface area contributed by atoms with Gasteiger partial charge in [0.25, 0.3) is 5.91 Å². The predicted octanol–water partition coefficient (Wildman–Crippen LogP) is 4.42. The summed E-state index contributed by atoms with van der Waals surface area (Å²) in [5, 5.41) is 17.5. The van der Waals surface area contributed by atoms with Crippen molar-refractivity contribution in [3.63, 3.8) is 0 Å². The van der Waals surface area contributed by atoms with Gasteiger partial charge in [-0.15, -0.1) is 13.2 Å². The Hall–Kier alpha value is -3.26. The topological polar surface area (TPSA) is 89.2 Å². The maximum absolute atomic E-state index is 12.6. The number of rotatable bonds is 6. The van der Waals surface area contributed by atoms with E-state index in [-0.39, 0.29) is 12.1 Å². The third-order valence-corrected chi connectivity index (χ3v) is 4.79. The zero-order chi connectivity index (χ0) is 22.8. The van der Waals surface area contributed by atoms with Gasteiger partial charge in [0.1, 0.15) is 11.3 Å². The second-order valence-corrected chi connectivity index (χ2v) is 7.71. The van der Waals surface area contributed by atoms with Gasteiger partial charge in [0, 0.05) is 10.0 Å². The van der Waals surface area contributed by atoms with Gasteiger partial charge < -0.3 is 14.8 Å². The lowest BCUT2D eigenvalue weighted by molar-refractivity contribution is -0.274. The quantitative estimate of drug-likeness (QED) is 0.545. The molecule has 1 unspecified atom stereocenters. The van der Waals surface area contributed by atoms with Gasteiger partial charge >= 0.3 is 6.36 Å². The van der Waals surface area contributed by atoms with Crippen LogP contribution in [0.4, 0.5) is 13.2 Å². The van der Waals surface area contributed by atoms with Crippen molar-refractivity contribution < 1.29 is 27.4 Å². The van der Waals surface area contributed by atoms with E-state index in [1.165, 1.54) is 30.8 Å². The van der Waals surface area contributed by atoms with Crippen molar-refractivity contribution in [2.45, 2.75) is 25.4 Å². The van der Waals surface area contributed by atoms with Crippen LogP contribution in [0.25, 0.3) is 10.9 Å². The monoisotopic (exact) mass is 496 g/mol. The lowest BCUT2D eigenvalue weighted by Crippen LogP contribution is -2.48. The average molecular weight is 497 g/mol. The minimum absolute atomic E-state index is 0.0278. The SMILES string of the molecule is COc1c2ccc(Br)cc2nn1CC(C)(C#N)NC(=O)c1ccc(OC(F)(F)F)cc1. The molecule has 0 spiro atoms. The molecular formula is C20H16BrF3N4O3. The number of alkyl halides is 3. The highest BCUT2D eigenvalue weighted by Gasteiger charge is 2.32. The van der Waals surface area contributed by atoms with Crippen LogP contribution in [0.5, 0.6) is 11.6 Å². The summed E-state index contributed by atoms with van der Waals surface area (Å²) in [5.41, 5.74) is -0.680. The van der Waals surface area contributed by atoms with Gasteiger partial charge in [-0.2, -0.15) is 10.4 Å². The van der Waals surface area contributed by atoms with E-state index in [0.29, 0.717) is 11.4 Å². The second-order valence-electron chi connectivity index (χ2n) is 6.80. The van der Waals surface area contributed by atoms with Crippen molar-refractivity contribution in [2.24, 2.45) is 0 Å². The normalized spacial score (nSPS) is 13.3. The van der Waals surface area contributed by atoms with Crippen molar-refractivity contribution in [1.29, 1.82) is 5.26 Å². The number of halogens is 4. The molecule has 1 heterocycles. The molecule has 0 bridgehead atoms. The van der Waals surface area contributed by atoms with Gasteiger partial charge in [0.15, 0.2) is 0 Å². The highest BCUT2D eigenvalue weighted by atomic mass is 79.9. The largest absolute Gasteiger partial charge is 0.573 e. The summed E-state index contributed by atoms with van der Waals surface area (Å²) in [7, 11) is 1.47. The maximum atomic E-state index is 12.6. The molecule has 0 aliphatic rings. The molecule has 3 aromatic rings. The number of methoxy groups -OCH3 is 1. The third kappa shape index (κ3) is 5.27. The molecular weight excluding hydrogens is 481 g/mol. The number of nitrogens with one attached hydrogen (secondary N) is 1. The Morgan fingerprint density at radius 2 is 1.94 bits per heavy atom. The molecule has 7 nitrogen and oxygen atoms in total. The van der Waals surface area contributed by atoms with Gasteiger partial charge in [-0.25, -0.2) is 4.68 Å². The molecule has 0 radical (unpaired) electrons. The van der Waals surface area contributed by atoms with Crippen molar-refractivity contribution in [1.82, 2.24) is 15.1 Å². The van der Waals surface area contributed by atoms with Crippen LogP contribution in [0.2, 0.25) is 0 Å². The highest BCUT2D eigenvalue weighted by Crippen LogP contribution is 2.29. The van der Waals surface area contributed by atoms with E-state index in [1.807, 2.05) is 18.2 Å². The molecule has 0 saturated carbocycles. The Morgan fingerprint density at radius 3 is 2.52 bits per heavy atom. The fourth-order valence-corrected chi connectivity index (χ4v) is 3.29. The number of amides is 1. The Morgan fingerprint density at radius 1 is 1.26 bits per heavy atom. The number of hydrogen-bond donors (Lipinski definition) is 1. The first-order valence-electron chi connectivity index (χ1n) is 8.83. The van der Waals surface area contributed by atoms with Gasteiger partial charge in [-0.05, 0) is 49.4 Å². The molecule has 1 aromatic heterocycles. The average Bonchev–Trinajstić information content (AvgIpc) is 3.02. The van der Waals surface area contributed by atoms with E-state index >= 15 is 0 Å². The maximum Gasteiger partial charge on any atom is 0.573 e. The van der Waals surface area contributed by atoms with Crippen molar-refractivity contribution >= 4 is 32.7 Å². The number of hydrogen-bond acceptors (Lipinski definition) is 5. The molecule has 1 atom stereocenters. The molecule has 2 aromatic carbocycles. The van der Waals surface area contributed by atoms with Crippen LogP contribution in [-0.2, 0) is 6.54 Å². The molecule has 0 aliphatic heterocycles. The summed E-state index contributed by atoms with van der Waals surface area (Å²) < 4.78 is 48.3. The van der Waals surface area contributed by atoms with Crippen molar-refractivity contribution in [3.05, 3.63) is 52.5 Å². The van der Waals surface area contributed by atoms with E-state index in [1.54, 1.807) is 6.07 Å². The molecule has 0 fully saturated rings. The molecule has 1 amide bonds. The number of carbonyl (C=O) groups excluding carboxylic acids is 1. The lowest BCUT2D eigenvalue weighted by Gasteiger charge is -2.24. The molecule has 11 heteroatoms. The second kappa shape index (κ2) is 8.47. The minimum atomic E-state index is -4.83. The number of ether oxygens (including phenoxy) is 2. The zero-order valence-electron chi connectivity index (χ0n) is 16.3. The van der Waals surface area contributed by atoms with E-state index in [9.17, 15) is 23.2 Å². The number of carbonyl (C=O) groups is 1. The summed E-state index contributed by atoms with van der Waals surface area (Å²) in [6.07, 6.45) is -4.83. The van der Waals surface area contributed by atoms with Gasteiger partial charge in [0.05, 0.1) is 30.6 Å². The summed E-state index contributed by atoms with van der Waals surface area (Å²) in [4.78, 5) is 12.6. The molecule has 31 heavy (non-hydrogen) atoms. The van der Waals surface area contributed by atoms with Crippen LogP contribution in [-0.4, -0.2) is 34.7 Å². The van der Waals surface area contributed by atoms with Crippen LogP contribution in [0.3, 0.4) is 0 Å². The number of aromatic nitrogens is 2. The van der Waals surface area contributed by atoms with Crippen LogP contribution >= 0.6 is 15.9 Å². The third-order valence-electron chi connectivity index (χ3n) is 4.30. The first-order valence-corrected chi connectivity index (χ1v) is 9.62. The Kier molecular flexibility index (Phi) is 6.13. The molecule has 162 valence electrons. The number of benzene rings is 2. The van der Waals surface area contributed by atoms with Gasteiger partial charge in [-0.1, -0.05) is 15.9 Å². The highest BCUT2D eigenvalue weighted by molar-refractivity contribution is 9.10. The van der Waals surface area contributed by atoms with Crippen LogP contribution in [0, 0.1) is 11.3 Å². The van der Waals surface area contributed by atoms with Crippen molar-refractivity contribution in [3.8, 4) is 17.7 Å². The Balaban J connectivity index is 1.80. The molecule has 0 aliphatic carbocycles. The number of nitrogens with zero attached hydrogens (tertiary/aromatic N) is 3. The molecule has 1 N–H and O–H groups in total. The number of fused-ring (bicyclic) bond motifs is 1. The number of nitriles is 1. The first kappa shape index (κ1) is 22.4. The van der Waals surface area contributed by atoms with Crippen molar-refractivity contribution in [2.75, 3.05) is 7.11 Å². The summed E-state index contributed by atoms with van der Waals surface area (Å²) in [6.45, 7) is 1.48. The van der Waals surface area contributed by atoms with E-state index in [2.05, 4.69) is 31.1 Å². The van der Waals surface area contributed by atoms with Gasteiger partial charge in [-0.3, -0.25) is 4.79 Å². The van der Waals surface area contributed by atoms with Gasteiger partial charge in [0.2, 0.25) is 5.88 Å². The molecule has 0 saturated heterocycles. The standard InChI is InChI=1S/C20H16BrF3N4O3/c1-19(10-25,11-28-18(30-2)15-8-5-13(21)9-16(15)27-28)26-17(29)12-3-6-14(7-4-12)31-20(22,23)24/h3-9H,11H2,1-2H3,(H,26,29). The fraction of sp³-hybridized carbons (Fsp3) is 0.250. The Labute approximate surface area is 183 Å². The summed E-state index contributed by atoms with van der Waals surface area (Å²) >= 11 is 3.37. The zero-order valence-corrected chi connectivity index (χ0v) is 17.9. The van der Waals surface area contributed by atoms with E-state index in [4.69, 9.17) is 4.74 Å². The summed E-state index contributed by atoms with van der Waals surface area (Å²) in [5.74, 6) is -0.667. The van der Waals surface area contributed by atoms with E-state index in [0.717, 1.165) is 22.0 Å². The smallest absolute Gasteiger partial charge is 0.481 e. The fourth-order valence-electron chi connectivity index (χ4n) is 2.94.